The molecule has 0 radical (unpaired) electrons. The first-order valence-corrected chi connectivity index (χ1v) is 12.5. The molecule has 2 aromatic carbocycles. The SMILES string of the molecule is CC#N.CCCN(CCc1ccccc1)C(C)CCc1c(C2(F)CC2)cccc1C1(F)CC1. The van der Waals surface area contributed by atoms with Crippen LogP contribution in [0.15, 0.2) is 48.5 Å². The van der Waals surface area contributed by atoms with Crippen LogP contribution < -0.4 is 0 Å². The molecule has 2 aliphatic rings. The maximum Gasteiger partial charge on any atom is 0.136 e. The number of hydrogen-bond acceptors (Lipinski definition) is 2. The maximum absolute atomic E-state index is 15.1. The molecular weight excluding hydrogens is 414 g/mol. The van der Waals surface area contributed by atoms with Crippen LogP contribution in [0.5, 0.6) is 0 Å². The van der Waals surface area contributed by atoms with Crippen molar-refractivity contribution >= 4 is 0 Å². The molecular formula is C29H38F2N2. The fraction of sp³-hybridized carbons (Fsp3) is 0.552. The number of hydrogen-bond donors (Lipinski definition) is 0. The Bertz CT molecular complexity index is 890. The smallest absolute Gasteiger partial charge is 0.136 e. The zero-order valence-electron chi connectivity index (χ0n) is 20.4. The van der Waals surface area contributed by atoms with Crippen LogP contribution >= 0.6 is 0 Å². The van der Waals surface area contributed by atoms with Crippen molar-refractivity contribution in [2.75, 3.05) is 13.1 Å². The van der Waals surface area contributed by atoms with E-state index in [0.717, 1.165) is 55.5 Å². The molecule has 0 saturated heterocycles. The Morgan fingerprint density at radius 3 is 1.94 bits per heavy atom. The molecule has 4 rings (SSSR count). The molecule has 33 heavy (non-hydrogen) atoms. The molecule has 2 saturated carbocycles. The predicted octanol–water partition coefficient (Wildman–Crippen LogP) is 7.41. The van der Waals surface area contributed by atoms with Gasteiger partial charge in [-0.3, -0.25) is 0 Å². The lowest BCUT2D eigenvalue weighted by molar-refractivity contribution is 0.201. The summed E-state index contributed by atoms with van der Waals surface area (Å²) in [5.41, 5.74) is 1.43. The predicted molar refractivity (Wildman–Crippen MR) is 132 cm³/mol. The van der Waals surface area contributed by atoms with Gasteiger partial charge in [0.25, 0.3) is 0 Å². The molecule has 0 aromatic heterocycles. The van der Waals surface area contributed by atoms with Gasteiger partial charge in [-0.2, -0.15) is 5.26 Å². The van der Waals surface area contributed by atoms with Gasteiger partial charge < -0.3 is 4.90 Å². The number of nitrogens with zero attached hydrogens (tertiary/aromatic N) is 2. The Hall–Kier alpha value is -2.25. The Morgan fingerprint density at radius 2 is 1.45 bits per heavy atom. The number of nitriles is 1. The lowest BCUT2D eigenvalue weighted by Crippen LogP contribution is -2.36. The topological polar surface area (TPSA) is 27.0 Å². The summed E-state index contributed by atoms with van der Waals surface area (Å²) >= 11 is 0. The van der Waals surface area contributed by atoms with Crippen LogP contribution in [0.2, 0.25) is 0 Å². The number of halogens is 2. The van der Waals surface area contributed by atoms with Crippen LogP contribution in [0.25, 0.3) is 0 Å². The van der Waals surface area contributed by atoms with E-state index in [2.05, 4.69) is 49.1 Å². The van der Waals surface area contributed by atoms with Gasteiger partial charge in [0.2, 0.25) is 0 Å². The normalized spacial score (nSPS) is 18.1. The maximum atomic E-state index is 15.1. The van der Waals surface area contributed by atoms with E-state index in [-0.39, 0.29) is 0 Å². The largest absolute Gasteiger partial charge is 0.300 e. The van der Waals surface area contributed by atoms with Gasteiger partial charge in [0.15, 0.2) is 0 Å². The third-order valence-corrected chi connectivity index (χ3v) is 7.00. The minimum atomic E-state index is -1.21. The molecule has 2 nitrogen and oxygen atoms in total. The molecule has 2 fully saturated rings. The highest BCUT2D eigenvalue weighted by molar-refractivity contribution is 5.46. The number of rotatable bonds is 11. The van der Waals surface area contributed by atoms with E-state index in [9.17, 15) is 0 Å². The average Bonchev–Trinajstić information content (AvgIpc) is 3.75. The van der Waals surface area contributed by atoms with Crippen LogP contribution in [0.4, 0.5) is 8.78 Å². The van der Waals surface area contributed by atoms with Crippen LogP contribution in [-0.4, -0.2) is 24.0 Å². The summed E-state index contributed by atoms with van der Waals surface area (Å²) in [6.45, 7) is 8.00. The van der Waals surface area contributed by atoms with Crippen molar-refractivity contribution in [2.45, 2.75) is 89.5 Å². The quantitative estimate of drug-likeness (QED) is 0.355. The first kappa shape index (κ1) is 25.4. The van der Waals surface area contributed by atoms with Crippen molar-refractivity contribution in [1.29, 1.82) is 5.26 Å². The zero-order chi connectivity index (χ0) is 23.9. The van der Waals surface area contributed by atoms with Crippen LogP contribution in [0, 0.1) is 11.3 Å². The minimum Gasteiger partial charge on any atom is -0.300 e. The summed E-state index contributed by atoms with van der Waals surface area (Å²) in [4.78, 5) is 2.54. The minimum absolute atomic E-state index is 0.388. The Kier molecular flexibility index (Phi) is 8.65. The first-order chi connectivity index (χ1) is 15.9. The molecule has 0 N–H and O–H groups in total. The molecule has 0 bridgehead atoms. The first-order valence-electron chi connectivity index (χ1n) is 12.5. The van der Waals surface area contributed by atoms with Crippen molar-refractivity contribution in [3.63, 3.8) is 0 Å². The molecule has 4 heteroatoms. The van der Waals surface area contributed by atoms with E-state index in [1.807, 2.05) is 18.2 Å². The van der Waals surface area contributed by atoms with Gasteiger partial charge in [0.05, 0.1) is 6.07 Å². The van der Waals surface area contributed by atoms with Gasteiger partial charge in [-0.25, -0.2) is 8.78 Å². The average molecular weight is 453 g/mol. The summed E-state index contributed by atoms with van der Waals surface area (Å²) < 4.78 is 30.1. The Labute approximate surface area is 198 Å². The van der Waals surface area contributed by atoms with Crippen molar-refractivity contribution < 1.29 is 8.78 Å². The van der Waals surface area contributed by atoms with E-state index in [4.69, 9.17) is 5.26 Å². The second-order valence-electron chi connectivity index (χ2n) is 9.65. The van der Waals surface area contributed by atoms with E-state index in [0.29, 0.717) is 31.7 Å². The van der Waals surface area contributed by atoms with E-state index < -0.39 is 11.3 Å². The number of alkyl halides is 2. The molecule has 0 aliphatic heterocycles. The molecule has 1 unspecified atom stereocenters. The van der Waals surface area contributed by atoms with Crippen LogP contribution in [0.1, 0.15) is 81.5 Å². The van der Waals surface area contributed by atoms with Crippen molar-refractivity contribution in [3.05, 3.63) is 70.8 Å². The van der Waals surface area contributed by atoms with Gasteiger partial charge in [-0.15, -0.1) is 0 Å². The van der Waals surface area contributed by atoms with E-state index in [1.54, 1.807) is 6.07 Å². The standard InChI is InChI=1S/C27H35F2N.C2H3N/c1-3-19-30(20-14-22-8-5-4-6-9-22)21(2)12-13-23-24(26(28)15-16-26)10-7-11-25(23)27(29)17-18-27;1-2-3/h4-11,21H,3,12-20H2,1-2H3;1H3. The summed E-state index contributed by atoms with van der Waals surface area (Å²) in [6.07, 6.45) is 6.17. The summed E-state index contributed by atoms with van der Waals surface area (Å²) in [7, 11) is 0. The highest BCUT2D eigenvalue weighted by Gasteiger charge is 2.50. The van der Waals surface area contributed by atoms with Gasteiger partial charge in [-0.1, -0.05) is 55.5 Å². The van der Waals surface area contributed by atoms with E-state index >= 15 is 8.78 Å². The number of benzene rings is 2. The lowest BCUT2D eigenvalue weighted by atomic mass is 9.89. The molecule has 1 atom stereocenters. The van der Waals surface area contributed by atoms with Gasteiger partial charge in [0, 0.05) is 19.5 Å². The fourth-order valence-electron chi connectivity index (χ4n) is 4.75. The van der Waals surface area contributed by atoms with Crippen molar-refractivity contribution in [3.8, 4) is 6.07 Å². The van der Waals surface area contributed by atoms with Gasteiger partial charge in [-0.05, 0) is 87.1 Å². The van der Waals surface area contributed by atoms with Gasteiger partial charge >= 0.3 is 0 Å². The van der Waals surface area contributed by atoms with Crippen LogP contribution in [-0.2, 0) is 24.2 Å². The highest BCUT2D eigenvalue weighted by Crippen LogP contribution is 2.56. The lowest BCUT2D eigenvalue weighted by Gasteiger charge is -2.30. The molecule has 0 spiro atoms. The fourth-order valence-corrected chi connectivity index (χ4v) is 4.75. The molecule has 178 valence electrons. The summed E-state index contributed by atoms with van der Waals surface area (Å²) in [6, 6.07) is 18.4. The van der Waals surface area contributed by atoms with Crippen molar-refractivity contribution in [1.82, 2.24) is 4.90 Å². The zero-order valence-corrected chi connectivity index (χ0v) is 20.4. The van der Waals surface area contributed by atoms with Gasteiger partial charge in [0.1, 0.15) is 11.3 Å². The third kappa shape index (κ3) is 6.64. The Balaban J connectivity index is 0.000000968. The van der Waals surface area contributed by atoms with Crippen LogP contribution in [0.3, 0.4) is 0 Å². The second kappa shape index (κ2) is 11.3. The Morgan fingerprint density at radius 1 is 0.909 bits per heavy atom. The molecule has 2 aromatic rings. The third-order valence-electron chi connectivity index (χ3n) is 7.00. The highest BCUT2D eigenvalue weighted by atomic mass is 19.1. The molecule has 0 heterocycles. The monoisotopic (exact) mass is 452 g/mol. The summed E-state index contributed by atoms with van der Waals surface area (Å²) in [5, 5.41) is 7.32. The molecule has 0 amide bonds. The van der Waals surface area contributed by atoms with E-state index in [1.165, 1.54) is 12.5 Å². The molecule has 2 aliphatic carbocycles. The van der Waals surface area contributed by atoms with Crippen molar-refractivity contribution in [2.24, 2.45) is 0 Å². The summed E-state index contributed by atoms with van der Waals surface area (Å²) in [5.74, 6) is 0. The second-order valence-corrected chi connectivity index (χ2v) is 9.65.